The number of hydrogen-bond acceptors (Lipinski definition) is 2. The molecule has 0 aliphatic rings. The van der Waals surface area contributed by atoms with E-state index in [0.29, 0.717) is 11.1 Å². The Morgan fingerprint density at radius 1 is 1.04 bits per heavy atom. The summed E-state index contributed by atoms with van der Waals surface area (Å²) in [6.45, 7) is 5.35. The fraction of sp³-hybridized carbons (Fsp3) is 0.143. The summed E-state index contributed by atoms with van der Waals surface area (Å²) in [6, 6.07) is 15.8. The Bertz CT molecular complexity index is 1020. The number of aromatic amines is 1. The van der Waals surface area contributed by atoms with Crippen molar-refractivity contribution >= 4 is 22.6 Å². The summed E-state index contributed by atoms with van der Waals surface area (Å²) < 4.78 is 0. The van der Waals surface area contributed by atoms with E-state index in [-0.39, 0.29) is 16.9 Å². The molecule has 120 valence electrons. The fourth-order valence-corrected chi connectivity index (χ4v) is 3.01. The molecule has 0 bridgehead atoms. The molecule has 0 fully saturated rings. The summed E-state index contributed by atoms with van der Waals surface area (Å²) in [5.41, 5.74) is 2.86. The molecule has 0 spiro atoms. The standard InChI is InChI=1S/C21H19NO2/c1-13-11-15(3)22-21(24)19(13)20(23)14(2)12-17-9-6-8-16-7-4-5-10-18(16)17/h4-12H,1-3H3,(H,22,24). The Hall–Kier alpha value is -2.94. The number of H-pyrrole nitrogens is 1. The highest BCUT2D eigenvalue weighted by molar-refractivity contribution is 6.12. The maximum Gasteiger partial charge on any atom is 0.259 e. The highest BCUT2D eigenvalue weighted by atomic mass is 16.1. The number of ketones is 1. The summed E-state index contributed by atoms with van der Waals surface area (Å²) in [5.74, 6) is -0.235. The van der Waals surface area contributed by atoms with E-state index < -0.39 is 0 Å². The molecule has 1 aromatic heterocycles. The van der Waals surface area contributed by atoms with Crippen LogP contribution in [0, 0.1) is 13.8 Å². The third kappa shape index (κ3) is 2.93. The number of fused-ring (bicyclic) bond motifs is 1. The molecular weight excluding hydrogens is 298 g/mol. The van der Waals surface area contributed by atoms with Crippen LogP contribution in [0.25, 0.3) is 16.8 Å². The van der Waals surface area contributed by atoms with Crippen LogP contribution in [0.5, 0.6) is 0 Å². The first-order chi connectivity index (χ1) is 11.5. The minimum atomic E-state index is -0.330. The number of allylic oxidation sites excluding steroid dienone is 1. The van der Waals surface area contributed by atoms with E-state index in [9.17, 15) is 9.59 Å². The van der Waals surface area contributed by atoms with E-state index in [1.54, 1.807) is 13.8 Å². The molecule has 3 heteroatoms. The predicted octanol–water partition coefficient (Wildman–Crippen LogP) is 4.43. The molecule has 0 aliphatic carbocycles. The Morgan fingerprint density at radius 3 is 2.50 bits per heavy atom. The SMILES string of the molecule is CC(=Cc1cccc2ccccc12)C(=O)c1c(C)cc(C)[nH]c1=O. The topological polar surface area (TPSA) is 49.9 Å². The number of Topliss-reactive ketones (excluding diaryl/α,β-unsaturated/α-hetero) is 1. The van der Waals surface area contributed by atoms with E-state index in [4.69, 9.17) is 0 Å². The monoisotopic (exact) mass is 317 g/mol. The predicted molar refractivity (Wildman–Crippen MR) is 98.5 cm³/mol. The van der Waals surface area contributed by atoms with E-state index in [1.807, 2.05) is 61.5 Å². The number of aromatic nitrogens is 1. The second kappa shape index (κ2) is 6.28. The van der Waals surface area contributed by atoms with Gasteiger partial charge >= 0.3 is 0 Å². The Balaban J connectivity index is 2.08. The van der Waals surface area contributed by atoms with Crippen molar-refractivity contribution in [3.63, 3.8) is 0 Å². The highest BCUT2D eigenvalue weighted by Crippen LogP contribution is 2.22. The molecule has 0 saturated carbocycles. The average molecular weight is 317 g/mol. The summed E-state index contributed by atoms with van der Waals surface area (Å²) in [4.78, 5) is 27.6. The Morgan fingerprint density at radius 2 is 1.75 bits per heavy atom. The molecule has 1 N–H and O–H groups in total. The summed E-state index contributed by atoms with van der Waals surface area (Å²) in [5, 5.41) is 2.21. The fourth-order valence-electron chi connectivity index (χ4n) is 3.01. The van der Waals surface area contributed by atoms with Crippen molar-refractivity contribution in [2.24, 2.45) is 0 Å². The van der Waals surface area contributed by atoms with Crippen molar-refractivity contribution in [3.05, 3.63) is 86.8 Å². The molecule has 0 atom stereocenters. The van der Waals surface area contributed by atoms with Gasteiger partial charge in [-0.05, 0) is 60.4 Å². The molecule has 0 unspecified atom stereocenters. The number of carbonyl (C=O) groups is 1. The van der Waals surface area contributed by atoms with Gasteiger partial charge in [-0.3, -0.25) is 9.59 Å². The van der Waals surface area contributed by atoms with Crippen molar-refractivity contribution in [2.75, 3.05) is 0 Å². The number of benzene rings is 2. The van der Waals surface area contributed by atoms with Gasteiger partial charge < -0.3 is 4.98 Å². The maximum atomic E-state index is 12.7. The first-order valence-corrected chi connectivity index (χ1v) is 7.88. The lowest BCUT2D eigenvalue weighted by molar-refractivity contribution is 0.103. The van der Waals surface area contributed by atoms with E-state index in [1.165, 1.54) is 0 Å². The van der Waals surface area contributed by atoms with Crippen molar-refractivity contribution in [3.8, 4) is 0 Å². The van der Waals surface area contributed by atoms with Gasteiger partial charge in [-0.15, -0.1) is 0 Å². The first-order valence-electron chi connectivity index (χ1n) is 7.88. The molecule has 2 aromatic carbocycles. The molecule has 3 aromatic rings. The second-order valence-electron chi connectivity index (χ2n) is 6.06. The molecule has 0 aliphatic heterocycles. The third-order valence-corrected chi connectivity index (χ3v) is 4.15. The van der Waals surface area contributed by atoms with Gasteiger partial charge in [0.25, 0.3) is 5.56 Å². The number of aryl methyl sites for hydroxylation is 2. The van der Waals surface area contributed by atoms with Gasteiger partial charge in [0.2, 0.25) is 0 Å². The molecule has 24 heavy (non-hydrogen) atoms. The lowest BCUT2D eigenvalue weighted by Crippen LogP contribution is -2.21. The van der Waals surface area contributed by atoms with Gasteiger partial charge in [0, 0.05) is 5.69 Å². The van der Waals surface area contributed by atoms with Crippen LogP contribution < -0.4 is 5.56 Å². The van der Waals surface area contributed by atoms with Gasteiger partial charge in [-0.1, -0.05) is 42.5 Å². The molecule has 0 radical (unpaired) electrons. The van der Waals surface area contributed by atoms with E-state index >= 15 is 0 Å². The third-order valence-electron chi connectivity index (χ3n) is 4.15. The lowest BCUT2D eigenvalue weighted by atomic mass is 9.97. The van der Waals surface area contributed by atoms with Crippen molar-refractivity contribution < 1.29 is 4.79 Å². The smallest absolute Gasteiger partial charge is 0.259 e. The van der Waals surface area contributed by atoms with E-state index in [2.05, 4.69) is 4.98 Å². The van der Waals surface area contributed by atoms with Gasteiger partial charge in [0.15, 0.2) is 5.78 Å². The number of pyridine rings is 1. The van der Waals surface area contributed by atoms with Gasteiger partial charge in [-0.25, -0.2) is 0 Å². The van der Waals surface area contributed by atoms with Crippen LogP contribution in [0.4, 0.5) is 0 Å². The van der Waals surface area contributed by atoms with Crippen LogP contribution in [0.1, 0.15) is 34.1 Å². The largest absolute Gasteiger partial charge is 0.326 e. The molecule has 0 amide bonds. The van der Waals surface area contributed by atoms with Crippen molar-refractivity contribution in [1.82, 2.24) is 4.98 Å². The van der Waals surface area contributed by atoms with Crippen molar-refractivity contribution in [2.45, 2.75) is 20.8 Å². The quantitative estimate of drug-likeness (QED) is 0.574. The summed E-state index contributed by atoms with van der Waals surface area (Å²) in [7, 11) is 0. The molecule has 3 nitrogen and oxygen atoms in total. The summed E-state index contributed by atoms with van der Waals surface area (Å²) in [6.07, 6.45) is 1.85. The minimum absolute atomic E-state index is 0.217. The molecule has 3 rings (SSSR count). The highest BCUT2D eigenvalue weighted by Gasteiger charge is 2.16. The van der Waals surface area contributed by atoms with Gasteiger partial charge in [-0.2, -0.15) is 0 Å². The number of rotatable bonds is 3. The van der Waals surface area contributed by atoms with Crippen LogP contribution in [0.2, 0.25) is 0 Å². The van der Waals surface area contributed by atoms with Crippen LogP contribution in [-0.4, -0.2) is 10.8 Å². The average Bonchev–Trinajstić information content (AvgIpc) is 2.54. The van der Waals surface area contributed by atoms with Crippen LogP contribution in [0.3, 0.4) is 0 Å². The number of carbonyl (C=O) groups excluding carboxylic acids is 1. The molecular formula is C21H19NO2. The Kier molecular flexibility index (Phi) is 4.17. The zero-order valence-corrected chi connectivity index (χ0v) is 14.0. The maximum absolute atomic E-state index is 12.7. The van der Waals surface area contributed by atoms with Crippen LogP contribution in [0.15, 0.2) is 58.9 Å². The second-order valence-corrected chi connectivity index (χ2v) is 6.06. The Labute approximate surface area is 140 Å². The van der Waals surface area contributed by atoms with Crippen LogP contribution >= 0.6 is 0 Å². The number of nitrogens with one attached hydrogen (secondary N) is 1. The zero-order valence-electron chi connectivity index (χ0n) is 14.0. The van der Waals surface area contributed by atoms with E-state index in [0.717, 1.165) is 22.0 Å². The summed E-state index contributed by atoms with van der Waals surface area (Å²) >= 11 is 0. The normalized spacial score (nSPS) is 11.7. The van der Waals surface area contributed by atoms with Gasteiger partial charge in [0.05, 0.1) is 5.56 Å². The minimum Gasteiger partial charge on any atom is -0.326 e. The first kappa shape index (κ1) is 15.9. The van der Waals surface area contributed by atoms with Gasteiger partial charge in [0.1, 0.15) is 0 Å². The zero-order chi connectivity index (χ0) is 17.3. The lowest BCUT2D eigenvalue weighted by Gasteiger charge is -2.07. The molecule has 0 saturated heterocycles. The van der Waals surface area contributed by atoms with Crippen molar-refractivity contribution in [1.29, 1.82) is 0 Å². The number of hydrogen-bond donors (Lipinski definition) is 1. The van der Waals surface area contributed by atoms with Crippen LogP contribution in [-0.2, 0) is 0 Å². The molecule has 1 heterocycles.